The van der Waals surface area contributed by atoms with Gasteiger partial charge in [-0.05, 0) is 95.9 Å². The average Bonchev–Trinajstić information content (AvgIpc) is 3.42. The van der Waals surface area contributed by atoms with Gasteiger partial charge >= 0.3 is 12.2 Å². The molecule has 0 aliphatic heterocycles. The molecular formula is C35H43N3O4S. The minimum absolute atomic E-state index is 0.00318. The molecule has 0 saturated heterocycles. The van der Waals surface area contributed by atoms with Crippen LogP contribution in [0, 0.1) is 11.3 Å². The van der Waals surface area contributed by atoms with Gasteiger partial charge in [0.15, 0.2) is 0 Å². The molecule has 2 aromatic carbocycles. The fourth-order valence-corrected chi connectivity index (χ4v) is 6.48. The summed E-state index contributed by atoms with van der Waals surface area (Å²) in [5, 5.41) is 14.8. The fourth-order valence-electron chi connectivity index (χ4n) is 5.45. The predicted molar refractivity (Wildman–Crippen MR) is 171 cm³/mol. The predicted octanol–water partition coefficient (Wildman–Crippen LogP) is 8.49. The molecule has 228 valence electrons. The Morgan fingerprint density at radius 2 is 1.58 bits per heavy atom. The van der Waals surface area contributed by atoms with Crippen LogP contribution in [0.25, 0.3) is 11.1 Å². The zero-order valence-corrected chi connectivity index (χ0v) is 26.9. The summed E-state index contributed by atoms with van der Waals surface area (Å²) in [4.78, 5) is 29.2. The molecule has 3 aromatic rings. The second-order valence-electron chi connectivity index (χ2n) is 13.1. The van der Waals surface area contributed by atoms with Crippen LogP contribution in [-0.2, 0) is 9.47 Å². The topological polar surface area (TPSA) is 91.7 Å². The minimum atomic E-state index is -0.635. The number of nitriles is 1. The van der Waals surface area contributed by atoms with Crippen molar-refractivity contribution in [3.05, 3.63) is 82.0 Å². The van der Waals surface area contributed by atoms with Crippen molar-refractivity contribution < 1.29 is 19.1 Å². The standard InChI is InChI=1S/C35H43N3O4S/c1-34(2,3)41-32(39)37-27-16-18-28(19-17-27)38(33(40)42-35(4,5)6)22-30(24-12-8-7-9-13-24)31-20-26(23-43-31)29-15-11-10-14-25(29)21-36/h7-15,20,23,27-28,30H,16-19,22H2,1-6H3,(H,37,39). The number of thiophene rings is 1. The summed E-state index contributed by atoms with van der Waals surface area (Å²) in [6.07, 6.45) is 2.23. The molecule has 1 fully saturated rings. The highest BCUT2D eigenvalue weighted by Gasteiger charge is 2.35. The molecule has 1 aliphatic rings. The quantitative estimate of drug-likeness (QED) is 0.293. The minimum Gasteiger partial charge on any atom is -0.444 e. The molecule has 2 amide bonds. The number of ether oxygens (including phenoxy) is 2. The van der Waals surface area contributed by atoms with E-state index in [0.717, 1.165) is 47.3 Å². The Kier molecular flexibility index (Phi) is 10.2. The Hall–Kier alpha value is -3.83. The maximum absolute atomic E-state index is 13.8. The van der Waals surface area contributed by atoms with Gasteiger partial charge in [0.05, 0.1) is 11.6 Å². The van der Waals surface area contributed by atoms with Crippen LogP contribution >= 0.6 is 11.3 Å². The Bertz CT molecular complexity index is 1420. The molecule has 0 bridgehead atoms. The number of carbonyl (C=O) groups excluding carboxylic acids is 2. The molecule has 7 nitrogen and oxygen atoms in total. The van der Waals surface area contributed by atoms with E-state index in [2.05, 4.69) is 35.0 Å². The molecule has 1 N–H and O–H groups in total. The lowest BCUT2D eigenvalue weighted by Gasteiger charge is -2.39. The number of carbonyl (C=O) groups is 2. The van der Waals surface area contributed by atoms with Crippen molar-refractivity contribution >= 4 is 23.5 Å². The second-order valence-corrected chi connectivity index (χ2v) is 14.1. The lowest BCUT2D eigenvalue weighted by Crippen LogP contribution is -2.49. The van der Waals surface area contributed by atoms with Crippen molar-refractivity contribution in [3.63, 3.8) is 0 Å². The molecule has 8 heteroatoms. The molecule has 1 aliphatic carbocycles. The van der Waals surface area contributed by atoms with Crippen LogP contribution in [0.5, 0.6) is 0 Å². The summed E-state index contributed by atoms with van der Waals surface area (Å²) < 4.78 is 11.4. The van der Waals surface area contributed by atoms with Gasteiger partial charge in [-0.15, -0.1) is 11.3 Å². The molecule has 0 spiro atoms. The van der Waals surface area contributed by atoms with E-state index in [0.29, 0.717) is 12.1 Å². The largest absolute Gasteiger partial charge is 0.444 e. The monoisotopic (exact) mass is 601 g/mol. The summed E-state index contributed by atoms with van der Waals surface area (Å²) in [7, 11) is 0. The Morgan fingerprint density at radius 1 is 0.953 bits per heavy atom. The number of nitrogens with one attached hydrogen (secondary N) is 1. The van der Waals surface area contributed by atoms with Crippen LogP contribution in [0.4, 0.5) is 9.59 Å². The molecule has 1 heterocycles. The van der Waals surface area contributed by atoms with Crippen LogP contribution in [0.3, 0.4) is 0 Å². The number of benzene rings is 2. The smallest absolute Gasteiger partial charge is 0.410 e. The third kappa shape index (κ3) is 9.08. The third-order valence-corrected chi connectivity index (χ3v) is 8.44. The summed E-state index contributed by atoms with van der Waals surface area (Å²) in [5.74, 6) is -0.0840. The first kappa shape index (κ1) is 32.1. The maximum atomic E-state index is 13.8. The Balaban J connectivity index is 1.60. The fraction of sp³-hybridized carbons (Fsp3) is 0.457. The SMILES string of the molecule is CC(C)(C)OC(=O)NC1CCC(N(CC(c2ccccc2)c2cc(-c3ccccc3C#N)cs2)C(=O)OC(C)(C)C)CC1. The van der Waals surface area contributed by atoms with E-state index in [1.54, 1.807) is 11.3 Å². The van der Waals surface area contributed by atoms with Crippen LogP contribution in [0.2, 0.25) is 0 Å². The van der Waals surface area contributed by atoms with Gasteiger partial charge in [-0.25, -0.2) is 9.59 Å². The van der Waals surface area contributed by atoms with Gasteiger partial charge in [-0.1, -0.05) is 48.5 Å². The van der Waals surface area contributed by atoms with Gasteiger partial charge in [0.2, 0.25) is 0 Å². The average molecular weight is 602 g/mol. The van der Waals surface area contributed by atoms with Crippen molar-refractivity contribution in [2.45, 2.75) is 96.4 Å². The number of rotatable bonds is 7. The van der Waals surface area contributed by atoms with Crippen molar-refractivity contribution in [2.75, 3.05) is 6.54 Å². The first-order valence-corrected chi connectivity index (χ1v) is 15.8. The van der Waals surface area contributed by atoms with E-state index in [4.69, 9.17) is 9.47 Å². The lowest BCUT2D eigenvalue weighted by molar-refractivity contribution is 0.00947. The van der Waals surface area contributed by atoms with Crippen molar-refractivity contribution in [1.29, 1.82) is 5.26 Å². The van der Waals surface area contributed by atoms with Crippen LogP contribution < -0.4 is 5.32 Å². The van der Waals surface area contributed by atoms with Gasteiger partial charge in [0.25, 0.3) is 0 Å². The van der Waals surface area contributed by atoms with E-state index in [9.17, 15) is 14.9 Å². The number of hydrogen-bond acceptors (Lipinski definition) is 6. The van der Waals surface area contributed by atoms with E-state index < -0.39 is 17.3 Å². The number of hydrogen-bond donors (Lipinski definition) is 1. The molecule has 4 rings (SSSR count). The summed E-state index contributed by atoms with van der Waals surface area (Å²) >= 11 is 1.64. The van der Waals surface area contributed by atoms with E-state index in [-0.39, 0.29) is 24.1 Å². The van der Waals surface area contributed by atoms with E-state index in [1.165, 1.54) is 0 Å². The van der Waals surface area contributed by atoms with Gasteiger partial charge in [0, 0.05) is 35.0 Å². The van der Waals surface area contributed by atoms with Gasteiger partial charge in [-0.3, -0.25) is 0 Å². The molecular weight excluding hydrogens is 558 g/mol. The zero-order valence-electron chi connectivity index (χ0n) is 26.1. The molecule has 1 saturated carbocycles. The highest BCUT2D eigenvalue weighted by atomic mass is 32.1. The Labute approximate surface area is 259 Å². The van der Waals surface area contributed by atoms with E-state index in [1.807, 2.05) is 88.9 Å². The highest BCUT2D eigenvalue weighted by molar-refractivity contribution is 7.10. The lowest BCUT2D eigenvalue weighted by atomic mass is 9.88. The Morgan fingerprint density at radius 3 is 2.21 bits per heavy atom. The van der Waals surface area contributed by atoms with Gasteiger partial charge < -0.3 is 19.7 Å². The molecule has 1 atom stereocenters. The second kappa shape index (κ2) is 13.6. The zero-order chi connectivity index (χ0) is 31.2. The molecule has 1 unspecified atom stereocenters. The maximum Gasteiger partial charge on any atom is 0.410 e. The normalized spacial score (nSPS) is 17.8. The van der Waals surface area contributed by atoms with Crippen LogP contribution in [0.15, 0.2) is 66.0 Å². The van der Waals surface area contributed by atoms with Crippen molar-refractivity contribution in [1.82, 2.24) is 10.2 Å². The molecule has 43 heavy (non-hydrogen) atoms. The molecule has 1 aromatic heterocycles. The first-order chi connectivity index (χ1) is 20.3. The number of nitrogens with zero attached hydrogens (tertiary/aromatic N) is 2. The highest BCUT2D eigenvalue weighted by Crippen LogP contribution is 2.37. The number of alkyl carbamates (subject to hydrolysis) is 1. The number of amides is 2. The van der Waals surface area contributed by atoms with Crippen molar-refractivity contribution in [2.24, 2.45) is 0 Å². The summed E-state index contributed by atoms with van der Waals surface area (Å²) in [6.45, 7) is 11.7. The van der Waals surface area contributed by atoms with Crippen molar-refractivity contribution in [3.8, 4) is 17.2 Å². The van der Waals surface area contributed by atoms with Crippen LogP contribution in [-0.4, -0.2) is 46.9 Å². The third-order valence-electron chi connectivity index (χ3n) is 7.39. The first-order valence-electron chi connectivity index (χ1n) is 14.9. The van der Waals surface area contributed by atoms with Crippen LogP contribution in [0.1, 0.15) is 89.1 Å². The van der Waals surface area contributed by atoms with Gasteiger partial charge in [0.1, 0.15) is 11.2 Å². The van der Waals surface area contributed by atoms with E-state index >= 15 is 0 Å². The van der Waals surface area contributed by atoms with Gasteiger partial charge in [-0.2, -0.15) is 5.26 Å². The summed E-state index contributed by atoms with van der Waals surface area (Å²) in [5.41, 5.74) is 2.45. The summed E-state index contributed by atoms with van der Waals surface area (Å²) in [6, 6.07) is 22.3. The molecule has 0 radical (unpaired) electrons.